The summed E-state index contributed by atoms with van der Waals surface area (Å²) < 4.78 is 5.33. The predicted octanol–water partition coefficient (Wildman–Crippen LogP) is 4.29. The van der Waals surface area contributed by atoms with Gasteiger partial charge in [-0.05, 0) is 12.1 Å². The Kier molecular flexibility index (Phi) is 2.76. The molecular weight excluding hydrogens is 222 g/mol. The van der Waals surface area contributed by atoms with Gasteiger partial charge in [-0.25, -0.2) is 0 Å². The van der Waals surface area contributed by atoms with Crippen LogP contribution < -0.4 is 0 Å². The Labute approximate surface area is 100 Å². The zero-order valence-electron chi connectivity index (χ0n) is 9.62. The molecule has 0 bridgehead atoms. The smallest absolute Gasteiger partial charge is 0.142 e. The molecule has 1 aromatic heterocycles. The molecule has 0 spiro atoms. The summed E-state index contributed by atoms with van der Waals surface area (Å²) in [5.74, 6) is 0.887. The third-order valence-electron chi connectivity index (χ3n) is 2.39. The van der Waals surface area contributed by atoms with Crippen molar-refractivity contribution < 1.29 is 4.52 Å². The molecule has 3 heteroatoms. The Morgan fingerprint density at radius 1 is 1.12 bits per heavy atom. The van der Waals surface area contributed by atoms with Crippen molar-refractivity contribution in [3.63, 3.8) is 0 Å². The third-order valence-corrected chi connectivity index (χ3v) is 2.64. The Morgan fingerprint density at radius 2 is 1.75 bits per heavy atom. The molecule has 0 atom stereocenters. The molecule has 0 fully saturated rings. The molecule has 0 N–H and O–H groups in total. The topological polar surface area (TPSA) is 26.0 Å². The summed E-state index contributed by atoms with van der Waals surface area (Å²) in [4.78, 5) is 0. The van der Waals surface area contributed by atoms with Gasteiger partial charge in [0.25, 0.3) is 0 Å². The minimum atomic E-state index is -0.0162. The van der Waals surface area contributed by atoms with Crippen LogP contribution in [0.15, 0.2) is 34.9 Å². The molecule has 0 aliphatic heterocycles. The first-order valence-electron chi connectivity index (χ1n) is 5.20. The van der Waals surface area contributed by atoms with Crippen LogP contribution in [-0.4, -0.2) is 5.16 Å². The average molecular weight is 236 g/mol. The number of hydrogen-bond donors (Lipinski definition) is 0. The Morgan fingerprint density at radius 3 is 2.25 bits per heavy atom. The average Bonchev–Trinajstić information content (AvgIpc) is 2.67. The van der Waals surface area contributed by atoms with Crippen molar-refractivity contribution in [3.05, 3.63) is 41.1 Å². The van der Waals surface area contributed by atoms with E-state index in [-0.39, 0.29) is 5.41 Å². The number of hydrogen-bond acceptors (Lipinski definition) is 2. The summed E-state index contributed by atoms with van der Waals surface area (Å²) in [5.41, 5.74) is 1.85. The van der Waals surface area contributed by atoms with Crippen LogP contribution in [0.4, 0.5) is 0 Å². The zero-order chi connectivity index (χ0) is 11.8. The molecule has 0 saturated heterocycles. The maximum atomic E-state index is 5.83. The number of benzene rings is 1. The van der Waals surface area contributed by atoms with E-state index >= 15 is 0 Å². The van der Waals surface area contributed by atoms with Crippen LogP contribution in [0.2, 0.25) is 5.02 Å². The Balaban J connectivity index is 2.35. The highest BCUT2D eigenvalue weighted by Gasteiger charge is 2.19. The van der Waals surface area contributed by atoms with E-state index in [2.05, 4.69) is 25.9 Å². The summed E-state index contributed by atoms with van der Waals surface area (Å²) >= 11 is 5.83. The lowest BCUT2D eigenvalue weighted by atomic mass is 9.93. The molecule has 2 nitrogen and oxygen atoms in total. The van der Waals surface area contributed by atoms with Crippen molar-refractivity contribution in [2.75, 3.05) is 0 Å². The monoisotopic (exact) mass is 235 g/mol. The molecule has 2 aromatic rings. The van der Waals surface area contributed by atoms with Gasteiger partial charge in [0.05, 0.1) is 0 Å². The number of aromatic nitrogens is 1. The van der Waals surface area contributed by atoms with Gasteiger partial charge in [-0.3, -0.25) is 0 Å². The second kappa shape index (κ2) is 3.95. The first-order valence-corrected chi connectivity index (χ1v) is 5.58. The second-order valence-electron chi connectivity index (χ2n) is 4.83. The lowest BCUT2D eigenvalue weighted by molar-refractivity contribution is 0.330. The van der Waals surface area contributed by atoms with E-state index in [1.54, 1.807) is 0 Å². The van der Waals surface area contributed by atoms with Crippen molar-refractivity contribution in [1.82, 2.24) is 5.16 Å². The van der Waals surface area contributed by atoms with Gasteiger partial charge in [0.2, 0.25) is 0 Å². The summed E-state index contributed by atoms with van der Waals surface area (Å²) in [6.45, 7) is 6.29. The Bertz CT molecular complexity index is 479. The van der Waals surface area contributed by atoms with Gasteiger partial charge in [-0.2, -0.15) is 0 Å². The first kappa shape index (κ1) is 11.2. The third kappa shape index (κ3) is 2.27. The predicted molar refractivity (Wildman–Crippen MR) is 65.6 cm³/mol. The quantitative estimate of drug-likeness (QED) is 0.737. The fourth-order valence-electron chi connectivity index (χ4n) is 1.39. The van der Waals surface area contributed by atoms with Crippen molar-refractivity contribution in [1.29, 1.82) is 0 Å². The summed E-state index contributed by atoms with van der Waals surface area (Å²) in [7, 11) is 0. The standard InChI is InChI=1S/C13H14ClNO/c1-13(2,3)12-8-11(15-16-12)9-4-6-10(14)7-5-9/h4-8H,1-3H3. The normalized spacial score (nSPS) is 11.8. The van der Waals surface area contributed by atoms with E-state index in [0.717, 1.165) is 22.0 Å². The largest absolute Gasteiger partial charge is 0.360 e. The maximum absolute atomic E-state index is 5.83. The van der Waals surface area contributed by atoms with Gasteiger partial charge in [-0.15, -0.1) is 0 Å². The van der Waals surface area contributed by atoms with Gasteiger partial charge in [0.1, 0.15) is 11.5 Å². The van der Waals surface area contributed by atoms with Crippen molar-refractivity contribution in [3.8, 4) is 11.3 Å². The SMILES string of the molecule is CC(C)(C)c1cc(-c2ccc(Cl)cc2)no1. The molecule has 0 unspecified atom stereocenters. The molecule has 16 heavy (non-hydrogen) atoms. The lowest BCUT2D eigenvalue weighted by Gasteiger charge is -2.12. The molecule has 84 valence electrons. The van der Waals surface area contributed by atoms with E-state index in [4.69, 9.17) is 16.1 Å². The highest BCUT2D eigenvalue weighted by molar-refractivity contribution is 6.30. The Hall–Kier alpha value is -1.28. The first-order chi connectivity index (χ1) is 7.47. The lowest BCUT2D eigenvalue weighted by Crippen LogP contribution is -2.09. The summed E-state index contributed by atoms with van der Waals surface area (Å²) in [6.07, 6.45) is 0. The van der Waals surface area contributed by atoms with Crippen LogP contribution in [0.5, 0.6) is 0 Å². The minimum Gasteiger partial charge on any atom is -0.360 e. The van der Waals surface area contributed by atoms with Gasteiger partial charge in [0, 0.05) is 22.1 Å². The highest BCUT2D eigenvalue weighted by Crippen LogP contribution is 2.27. The molecule has 1 heterocycles. The van der Waals surface area contributed by atoms with Gasteiger partial charge >= 0.3 is 0 Å². The number of halogens is 1. The van der Waals surface area contributed by atoms with E-state index in [9.17, 15) is 0 Å². The van der Waals surface area contributed by atoms with Crippen LogP contribution in [0.25, 0.3) is 11.3 Å². The van der Waals surface area contributed by atoms with Gasteiger partial charge in [-0.1, -0.05) is 49.7 Å². The minimum absolute atomic E-state index is 0.0162. The molecule has 0 amide bonds. The maximum Gasteiger partial charge on any atom is 0.142 e. The fraction of sp³-hybridized carbons (Fsp3) is 0.308. The number of nitrogens with zero attached hydrogens (tertiary/aromatic N) is 1. The number of rotatable bonds is 1. The van der Waals surface area contributed by atoms with Gasteiger partial charge < -0.3 is 4.52 Å². The van der Waals surface area contributed by atoms with Gasteiger partial charge in [0.15, 0.2) is 0 Å². The van der Waals surface area contributed by atoms with E-state index < -0.39 is 0 Å². The molecule has 0 aliphatic rings. The van der Waals surface area contributed by atoms with Crippen molar-refractivity contribution in [2.45, 2.75) is 26.2 Å². The zero-order valence-corrected chi connectivity index (χ0v) is 10.4. The van der Waals surface area contributed by atoms with Crippen LogP contribution in [0.3, 0.4) is 0 Å². The van der Waals surface area contributed by atoms with E-state index in [1.165, 1.54) is 0 Å². The molecule has 0 saturated carbocycles. The molecule has 0 radical (unpaired) electrons. The van der Waals surface area contributed by atoms with Crippen molar-refractivity contribution in [2.24, 2.45) is 0 Å². The summed E-state index contributed by atoms with van der Waals surface area (Å²) in [5, 5.41) is 4.79. The molecule has 2 rings (SSSR count). The van der Waals surface area contributed by atoms with Crippen LogP contribution in [0, 0.1) is 0 Å². The second-order valence-corrected chi connectivity index (χ2v) is 5.27. The fourth-order valence-corrected chi connectivity index (χ4v) is 1.51. The van der Waals surface area contributed by atoms with Crippen LogP contribution >= 0.6 is 11.6 Å². The molecular formula is C13H14ClNO. The molecule has 1 aromatic carbocycles. The van der Waals surface area contributed by atoms with E-state index in [0.29, 0.717) is 0 Å². The van der Waals surface area contributed by atoms with Crippen LogP contribution in [-0.2, 0) is 5.41 Å². The molecule has 0 aliphatic carbocycles. The highest BCUT2D eigenvalue weighted by atomic mass is 35.5. The van der Waals surface area contributed by atoms with Crippen molar-refractivity contribution >= 4 is 11.6 Å². The van der Waals surface area contributed by atoms with E-state index in [1.807, 2.05) is 30.3 Å². The summed E-state index contributed by atoms with van der Waals surface area (Å²) in [6, 6.07) is 9.55. The van der Waals surface area contributed by atoms with Crippen LogP contribution in [0.1, 0.15) is 26.5 Å².